The molecule has 0 bridgehead atoms. The van der Waals surface area contributed by atoms with Gasteiger partial charge in [-0.1, -0.05) is 0 Å². The number of carbonyl (C=O) groups is 3. The third-order valence-corrected chi connectivity index (χ3v) is 6.15. The van der Waals surface area contributed by atoms with E-state index >= 15 is 0 Å². The van der Waals surface area contributed by atoms with Crippen molar-refractivity contribution in [1.82, 2.24) is 25.3 Å². The number of hydrogen-bond acceptors (Lipinski definition) is 7. The van der Waals surface area contributed by atoms with Crippen LogP contribution in [0.1, 0.15) is 36.0 Å². The van der Waals surface area contributed by atoms with Crippen LogP contribution >= 0.6 is 0 Å². The third-order valence-electron chi connectivity index (χ3n) is 6.15. The van der Waals surface area contributed by atoms with Gasteiger partial charge in [0.2, 0.25) is 5.91 Å². The van der Waals surface area contributed by atoms with Crippen molar-refractivity contribution in [3.63, 3.8) is 0 Å². The first-order valence-corrected chi connectivity index (χ1v) is 10.3. The lowest BCUT2D eigenvalue weighted by atomic mass is 9.85. The minimum Gasteiger partial charge on any atom is -0.483 e. The Morgan fingerprint density at radius 1 is 1.23 bits per heavy atom. The Hall–Kier alpha value is -2.59. The predicted octanol–water partition coefficient (Wildman–Crippen LogP) is 0.00740. The van der Waals surface area contributed by atoms with Crippen molar-refractivity contribution in [3.05, 3.63) is 24.0 Å². The zero-order chi connectivity index (χ0) is 21.5. The molecule has 1 aromatic heterocycles. The summed E-state index contributed by atoms with van der Waals surface area (Å²) in [6.07, 6.45) is 6.44. The predicted molar refractivity (Wildman–Crippen MR) is 107 cm³/mol. The monoisotopic (exact) mass is 419 g/mol. The van der Waals surface area contributed by atoms with E-state index in [4.69, 9.17) is 14.6 Å². The van der Waals surface area contributed by atoms with E-state index in [1.165, 1.54) is 12.4 Å². The van der Waals surface area contributed by atoms with Crippen molar-refractivity contribution in [2.45, 2.75) is 43.9 Å². The smallest absolute Gasteiger partial charge is 0.290 e. The van der Waals surface area contributed by atoms with Crippen LogP contribution < -0.4 is 5.32 Å². The fourth-order valence-corrected chi connectivity index (χ4v) is 4.47. The molecule has 0 aromatic carbocycles. The molecule has 1 saturated carbocycles. The first kappa shape index (κ1) is 22.1. The lowest BCUT2D eigenvalue weighted by Crippen LogP contribution is -2.48. The van der Waals surface area contributed by atoms with Gasteiger partial charge in [-0.2, -0.15) is 10.2 Å². The largest absolute Gasteiger partial charge is 0.483 e. The van der Waals surface area contributed by atoms with Gasteiger partial charge < -0.3 is 20.1 Å². The summed E-state index contributed by atoms with van der Waals surface area (Å²) < 4.78 is 5.85. The average molecular weight is 419 g/mol. The van der Waals surface area contributed by atoms with Gasteiger partial charge in [0, 0.05) is 31.6 Å². The number of carbonyl (C=O) groups excluding carboxylic acids is 2. The van der Waals surface area contributed by atoms with Gasteiger partial charge in [0.1, 0.15) is 0 Å². The van der Waals surface area contributed by atoms with Gasteiger partial charge in [-0.15, -0.1) is 0 Å². The molecule has 1 aromatic rings. The van der Waals surface area contributed by atoms with Gasteiger partial charge >= 0.3 is 0 Å². The summed E-state index contributed by atoms with van der Waals surface area (Å²) in [5.41, 5.74) is 0.520. The Morgan fingerprint density at radius 2 is 1.97 bits per heavy atom. The number of carboxylic acid groups (broad SMARTS) is 1. The minimum atomic E-state index is -0.250. The summed E-state index contributed by atoms with van der Waals surface area (Å²) >= 11 is 0. The Morgan fingerprint density at radius 3 is 2.60 bits per heavy atom. The Labute approximate surface area is 175 Å². The zero-order valence-corrected chi connectivity index (χ0v) is 17.1. The van der Waals surface area contributed by atoms with Gasteiger partial charge in [0.05, 0.1) is 36.7 Å². The van der Waals surface area contributed by atoms with Gasteiger partial charge in [-0.25, -0.2) is 0 Å². The number of likely N-dealkylation sites (tertiary alicyclic amines) is 1. The highest BCUT2D eigenvalue weighted by Crippen LogP contribution is 2.29. The highest BCUT2D eigenvalue weighted by Gasteiger charge is 2.42. The first-order valence-electron chi connectivity index (χ1n) is 10.3. The van der Waals surface area contributed by atoms with Gasteiger partial charge in [0.15, 0.2) is 0 Å². The van der Waals surface area contributed by atoms with Crippen LogP contribution in [0.15, 0.2) is 18.5 Å². The fourth-order valence-electron chi connectivity index (χ4n) is 4.47. The number of morpholine rings is 1. The number of hydrogen-bond donors (Lipinski definition) is 2. The molecule has 0 radical (unpaired) electrons. The average Bonchev–Trinajstić information content (AvgIpc) is 3.21. The van der Waals surface area contributed by atoms with Crippen molar-refractivity contribution in [2.24, 2.45) is 5.92 Å². The maximum atomic E-state index is 13.0. The van der Waals surface area contributed by atoms with E-state index in [0.29, 0.717) is 18.2 Å². The molecule has 0 unspecified atom stereocenters. The number of nitrogens with zero attached hydrogens (tertiary/aromatic N) is 4. The van der Waals surface area contributed by atoms with Crippen LogP contribution in [0, 0.1) is 5.92 Å². The number of amides is 2. The maximum absolute atomic E-state index is 13.0. The standard InChI is InChI=1S/C19H27N5O3.CH2O2/c1-23-8-9-27-17-12-24(11-16(17)23)19(26)13-2-4-15(5-3-13)22-18(25)14-6-7-20-21-10-14;2-1-3/h6-7,10,13,15-17H,2-5,8-9,11-12H2,1H3,(H,22,25);1H,(H,2,3)/t13?,15?,16-,17-;/m0./s1. The number of nitrogens with one attached hydrogen (secondary N) is 1. The minimum absolute atomic E-state index is 0.0613. The topological polar surface area (TPSA) is 125 Å². The molecule has 4 rings (SSSR count). The maximum Gasteiger partial charge on any atom is 0.290 e. The Kier molecular flexibility index (Phi) is 7.69. The lowest BCUT2D eigenvalue weighted by molar-refractivity contribution is -0.136. The van der Waals surface area contributed by atoms with E-state index in [1.54, 1.807) is 6.07 Å². The van der Waals surface area contributed by atoms with Gasteiger partial charge in [0.25, 0.3) is 12.4 Å². The lowest BCUT2D eigenvalue weighted by Gasteiger charge is -2.33. The van der Waals surface area contributed by atoms with Crippen molar-refractivity contribution in [1.29, 1.82) is 0 Å². The second-order valence-electron chi connectivity index (χ2n) is 7.96. The molecular formula is C20H29N5O5. The number of aromatic nitrogens is 2. The van der Waals surface area contributed by atoms with Gasteiger partial charge in [-0.3, -0.25) is 19.3 Å². The van der Waals surface area contributed by atoms with Gasteiger partial charge in [-0.05, 0) is 38.8 Å². The fraction of sp³-hybridized carbons (Fsp3) is 0.650. The Bertz CT molecular complexity index is 726. The van der Waals surface area contributed by atoms with Crippen molar-refractivity contribution in [2.75, 3.05) is 33.3 Å². The summed E-state index contributed by atoms with van der Waals surface area (Å²) in [4.78, 5) is 37.8. The molecule has 2 amide bonds. The summed E-state index contributed by atoms with van der Waals surface area (Å²) in [6.45, 7) is 2.91. The first-order chi connectivity index (χ1) is 14.5. The van der Waals surface area contributed by atoms with Crippen LogP contribution in [-0.2, 0) is 14.3 Å². The van der Waals surface area contributed by atoms with Crippen LogP contribution in [-0.4, -0.2) is 94.9 Å². The van der Waals surface area contributed by atoms with E-state index in [1.807, 2.05) is 4.90 Å². The molecule has 3 fully saturated rings. The van der Waals surface area contributed by atoms with Crippen LogP contribution in [0.3, 0.4) is 0 Å². The molecule has 30 heavy (non-hydrogen) atoms. The van der Waals surface area contributed by atoms with E-state index in [9.17, 15) is 9.59 Å². The number of rotatable bonds is 3. The summed E-state index contributed by atoms with van der Waals surface area (Å²) in [5, 5.41) is 17.4. The van der Waals surface area contributed by atoms with Crippen molar-refractivity contribution < 1.29 is 24.2 Å². The molecule has 2 saturated heterocycles. The molecule has 0 spiro atoms. The molecule has 1 aliphatic carbocycles. The van der Waals surface area contributed by atoms with Crippen molar-refractivity contribution >= 4 is 18.3 Å². The molecule has 3 aliphatic rings. The van der Waals surface area contributed by atoms with Crippen molar-refractivity contribution in [3.8, 4) is 0 Å². The quantitative estimate of drug-likeness (QED) is 0.657. The summed E-state index contributed by atoms with van der Waals surface area (Å²) in [5.74, 6) is 0.194. The number of likely N-dealkylation sites (N-methyl/N-ethyl adjacent to an activating group) is 1. The molecule has 10 heteroatoms. The molecule has 3 heterocycles. The molecule has 2 N–H and O–H groups in total. The molecule has 2 atom stereocenters. The summed E-state index contributed by atoms with van der Waals surface area (Å²) in [6, 6.07) is 2.10. The summed E-state index contributed by atoms with van der Waals surface area (Å²) in [7, 11) is 2.11. The highest BCUT2D eigenvalue weighted by molar-refractivity contribution is 5.93. The second-order valence-corrected chi connectivity index (χ2v) is 7.96. The molecular weight excluding hydrogens is 390 g/mol. The second kappa shape index (κ2) is 10.4. The van der Waals surface area contributed by atoms with Crippen LogP contribution in [0.4, 0.5) is 0 Å². The van der Waals surface area contributed by atoms with E-state index in [-0.39, 0.29) is 36.4 Å². The van der Waals surface area contributed by atoms with Crippen LogP contribution in [0.5, 0.6) is 0 Å². The van der Waals surface area contributed by atoms with E-state index in [0.717, 1.165) is 45.4 Å². The normalized spacial score (nSPS) is 28.6. The number of ether oxygens (including phenoxy) is 1. The zero-order valence-electron chi connectivity index (χ0n) is 17.1. The third kappa shape index (κ3) is 5.31. The van der Waals surface area contributed by atoms with E-state index < -0.39 is 0 Å². The Balaban J connectivity index is 0.000000806. The molecule has 2 aliphatic heterocycles. The van der Waals surface area contributed by atoms with Crippen LogP contribution in [0.2, 0.25) is 0 Å². The highest BCUT2D eigenvalue weighted by atomic mass is 16.5. The molecule has 10 nitrogen and oxygen atoms in total. The SMILES string of the molecule is CN1CCO[C@H]2CN(C(=O)C3CCC(NC(=O)c4ccnnc4)CC3)C[C@@H]21.O=CO. The molecule has 164 valence electrons. The van der Waals surface area contributed by atoms with Crippen LogP contribution in [0.25, 0.3) is 0 Å². The van der Waals surface area contributed by atoms with E-state index in [2.05, 4.69) is 27.5 Å². The number of fused-ring (bicyclic) bond motifs is 1.